The third-order valence-corrected chi connectivity index (χ3v) is 3.82. The first kappa shape index (κ1) is 15.5. The molecular weight excluding hydrogens is 271 g/mol. The van der Waals surface area contributed by atoms with Gasteiger partial charge in [0, 0.05) is 25.6 Å². The van der Waals surface area contributed by atoms with Crippen LogP contribution in [-0.2, 0) is 19.9 Å². The number of rotatable bonds is 5. The summed E-state index contributed by atoms with van der Waals surface area (Å²) < 4.78 is 20.8. The van der Waals surface area contributed by atoms with Gasteiger partial charge in [0.05, 0.1) is 18.9 Å². The van der Waals surface area contributed by atoms with Crippen LogP contribution in [0.1, 0.15) is 22.5 Å². The molecule has 0 saturated heterocycles. The first-order valence-corrected chi connectivity index (χ1v) is 6.92. The minimum absolute atomic E-state index is 0.202. The van der Waals surface area contributed by atoms with Crippen LogP contribution in [0.4, 0.5) is 4.39 Å². The fraction of sp³-hybridized carbons (Fsp3) is 0.438. The molecule has 0 aliphatic heterocycles. The van der Waals surface area contributed by atoms with Gasteiger partial charge < -0.3 is 9.84 Å². The SMILES string of the molecule is COc1cccc(CC(O)Cc2c(C)nn(C)c2C)c1F. The number of halogens is 1. The fourth-order valence-electron chi connectivity index (χ4n) is 2.55. The van der Waals surface area contributed by atoms with Crippen LogP contribution >= 0.6 is 0 Å². The quantitative estimate of drug-likeness (QED) is 0.920. The van der Waals surface area contributed by atoms with Crippen molar-refractivity contribution in [2.24, 2.45) is 7.05 Å². The van der Waals surface area contributed by atoms with E-state index >= 15 is 0 Å². The van der Waals surface area contributed by atoms with E-state index in [1.165, 1.54) is 7.11 Å². The minimum atomic E-state index is -0.659. The summed E-state index contributed by atoms with van der Waals surface area (Å²) in [7, 11) is 3.31. The van der Waals surface area contributed by atoms with E-state index in [-0.39, 0.29) is 12.2 Å². The third-order valence-electron chi connectivity index (χ3n) is 3.82. The van der Waals surface area contributed by atoms with E-state index in [9.17, 15) is 9.50 Å². The molecule has 21 heavy (non-hydrogen) atoms. The number of aliphatic hydroxyl groups excluding tert-OH is 1. The van der Waals surface area contributed by atoms with E-state index in [1.54, 1.807) is 22.9 Å². The van der Waals surface area contributed by atoms with Gasteiger partial charge in [0.25, 0.3) is 0 Å². The second-order valence-corrected chi connectivity index (χ2v) is 5.27. The molecule has 2 rings (SSSR count). The van der Waals surface area contributed by atoms with Crippen LogP contribution in [-0.4, -0.2) is 28.1 Å². The van der Waals surface area contributed by atoms with Crippen molar-refractivity contribution in [1.29, 1.82) is 0 Å². The summed E-state index contributed by atoms with van der Waals surface area (Å²) in [5.74, 6) is -0.202. The number of aliphatic hydroxyl groups is 1. The molecule has 114 valence electrons. The Morgan fingerprint density at radius 3 is 2.62 bits per heavy atom. The Bertz CT molecular complexity index is 637. The zero-order valence-electron chi connectivity index (χ0n) is 12.9. The van der Waals surface area contributed by atoms with Gasteiger partial charge >= 0.3 is 0 Å². The van der Waals surface area contributed by atoms with Gasteiger partial charge in [-0.25, -0.2) is 4.39 Å². The Hall–Kier alpha value is -1.88. The van der Waals surface area contributed by atoms with Crippen molar-refractivity contribution in [3.05, 3.63) is 46.5 Å². The zero-order chi connectivity index (χ0) is 15.6. The predicted octanol–water partition coefficient (Wildman–Crippen LogP) is 2.33. The number of ether oxygens (including phenoxy) is 1. The lowest BCUT2D eigenvalue weighted by Crippen LogP contribution is -2.16. The highest BCUT2D eigenvalue weighted by Crippen LogP contribution is 2.22. The van der Waals surface area contributed by atoms with Crippen LogP contribution in [0.25, 0.3) is 0 Å². The molecule has 0 radical (unpaired) electrons. The monoisotopic (exact) mass is 292 g/mol. The van der Waals surface area contributed by atoms with Gasteiger partial charge in [0.15, 0.2) is 11.6 Å². The molecule has 1 N–H and O–H groups in total. The molecule has 5 heteroatoms. The van der Waals surface area contributed by atoms with Gasteiger partial charge in [0.2, 0.25) is 0 Å². The molecule has 0 bridgehead atoms. The lowest BCUT2D eigenvalue weighted by molar-refractivity contribution is 0.173. The Labute approximate surface area is 124 Å². The maximum Gasteiger partial charge on any atom is 0.168 e. The second kappa shape index (κ2) is 6.26. The van der Waals surface area contributed by atoms with Crippen molar-refractivity contribution >= 4 is 0 Å². The number of aryl methyl sites for hydroxylation is 2. The van der Waals surface area contributed by atoms with Crippen molar-refractivity contribution in [3.63, 3.8) is 0 Å². The molecule has 0 saturated carbocycles. The van der Waals surface area contributed by atoms with Crippen LogP contribution in [0.3, 0.4) is 0 Å². The summed E-state index contributed by atoms with van der Waals surface area (Å²) in [6.45, 7) is 3.88. The first-order valence-electron chi connectivity index (χ1n) is 6.92. The van der Waals surface area contributed by atoms with Gasteiger partial charge in [-0.1, -0.05) is 12.1 Å². The Morgan fingerprint density at radius 1 is 1.33 bits per heavy atom. The standard InChI is InChI=1S/C16H21FN2O2/c1-10-14(11(2)19(3)18-10)9-13(20)8-12-6-5-7-15(21-4)16(12)17/h5-7,13,20H,8-9H2,1-4H3. The third kappa shape index (κ3) is 3.24. The van der Waals surface area contributed by atoms with Gasteiger partial charge in [-0.3, -0.25) is 4.68 Å². The van der Waals surface area contributed by atoms with Crippen LogP contribution in [0.5, 0.6) is 5.75 Å². The lowest BCUT2D eigenvalue weighted by atomic mass is 9.99. The summed E-state index contributed by atoms with van der Waals surface area (Å²) in [6.07, 6.45) is 0.0482. The summed E-state index contributed by atoms with van der Waals surface area (Å²) in [4.78, 5) is 0. The molecule has 1 atom stereocenters. The van der Waals surface area contributed by atoms with Gasteiger partial charge in [-0.05, 0) is 31.0 Å². The normalized spacial score (nSPS) is 12.5. The molecule has 0 spiro atoms. The van der Waals surface area contributed by atoms with Gasteiger partial charge in [-0.2, -0.15) is 5.10 Å². The van der Waals surface area contributed by atoms with E-state index in [0.717, 1.165) is 17.0 Å². The number of aromatic nitrogens is 2. The van der Waals surface area contributed by atoms with E-state index in [4.69, 9.17) is 4.74 Å². The smallest absolute Gasteiger partial charge is 0.168 e. The van der Waals surface area contributed by atoms with Crippen LogP contribution in [0.15, 0.2) is 18.2 Å². The van der Waals surface area contributed by atoms with Crippen LogP contribution < -0.4 is 4.74 Å². The summed E-state index contributed by atoms with van der Waals surface area (Å²) in [5.41, 5.74) is 3.41. The second-order valence-electron chi connectivity index (χ2n) is 5.27. The molecule has 0 amide bonds. The van der Waals surface area contributed by atoms with Gasteiger partial charge in [-0.15, -0.1) is 0 Å². The van der Waals surface area contributed by atoms with E-state index in [2.05, 4.69) is 5.10 Å². The number of nitrogens with zero attached hydrogens (tertiary/aromatic N) is 2. The van der Waals surface area contributed by atoms with Crippen molar-refractivity contribution in [2.45, 2.75) is 32.8 Å². The minimum Gasteiger partial charge on any atom is -0.494 e. The Kier molecular flexibility index (Phi) is 4.63. The fourth-order valence-corrected chi connectivity index (χ4v) is 2.55. The molecule has 1 aromatic heterocycles. The van der Waals surface area contributed by atoms with Crippen molar-refractivity contribution in [3.8, 4) is 5.75 Å². The van der Waals surface area contributed by atoms with Crippen molar-refractivity contribution < 1.29 is 14.2 Å². The van der Waals surface area contributed by atoms with Gasteiger partial charge in [0.1, 0.15) is 0 Å². The van der Waals surface area contributed by atoms with Crippen LogP contribution in [0, 0.1) is 19.7 Å². The highest BCUT2D eigenvalue weighted by Gasteiger charge is 2.17. The van der Waals surface area contributed by atoms with E-state index < -0.39 is 11.9 Å². The molecule has 0 aliphatic rings. The largest absolute Gasteiger partial charge is 0.494 e. The maximum atomic E-state index is 14.1. The number of hydrogen-bond donors (Lipinski definition) is 1. The number of benzene rings is 1. The molecule has 1 aromatic carbocycles. The van der Waals surface area contributed by atoms with Crippen molar-refractivity contribution in [1.82, 2.24) is 9.78 Å². The highest BCUT2D eigenvalue weighted by molar-refractivity contribution is 5.32. The van der Waals surface area contributed by atoms with Crippen LogP contribution in [0.2, 0.25) is 0 Å². The first-order chi connectivity index (χ1) is 9.93. The lowest BCUT2D eigenvalue weighted by Gasteiger charge is -2.13. The topological polar surface area (TPSA) is 47.3 Å². The molecule has 1 unspecified atom stereocenters. The van der Waals surface area contributed by atoms with E-state index in [0.29, 0.717) is 12.0 Å². The molecule has 0 fully saturated rings. The summed E-state index contributed by atoms with van der Waals surface area (Å²) in [5, 5.41) is 14.6. The maximum absolute atomic E-state index is 14.1. The number of hydrogen-bond acceptors (Lipinski definition) is 3. The molecule has 0 aliphatic carbocycles. The Morgan fingerprint density at radius 2 is 2.05 bits per heavy atom. The average molecular weight is 292 g/mol. The Balaban J connectivity index is 2.13. The molecular formula is C16H21FN2O2. The summed E-state index contributed by atoms with van der Waals surface area (Å²) in [6, 6.07) is 4.97. The predicted molar refractivity (Wildman–Crippen MR) is 79.0 cm³/mol. The van der Waals surface area contributed by atoms with Crippen molar-refractivity contribution in [2.75, 3.05) is 7.11 Å². The molecule has 4 nitrogen and oxygen atoms in total. The molecule has 2 aromatic rings. The zero-order valence-corrected chi connectivity index (χ0v) is 12.9. The number of methoxy groups -OCH3 is 1. The molecule has 1 heterocycles. The highest BCUT2D eigenvalue weighted by atomic mass is 19.1. The average Bonchev–Trinajstić information content (AvgIpc) is 2.68. The van der Waals surface area contributed by atoms with E-state index in [1.807, 2.05) is 20.9 Å². The summed E-state index contributed by atoms with van der Waals surface area (Å²) >= 11 is 0.